The molecule has 0 unspecified atom stereocenters. The predicted molar refractivity (Wildman–Crippen MR) is 74.0 cm³/mol. The molecule has 0 aliphatic carbocycles. The quantitative estimate of drug-likeness (QED) is 0.894. The number of amides is 1. The first-order valence-corrected chi connectivity index (χ1v) is 6.76. The highest BCUT2D eigenvalue weighted by atomic mass is 79.9. The van der Waals surface area contributed by atoms with Crippen molar-refractivity contribution >= 4 is 43.6 Å². The summed E-state index contributed by atoms with van der Waals surface area (Å²) in [7, 11) is 0. The summed E-state index contributed by atoms with van der Waals surface area (Å²) in [6.45, 7) is 3.69. The maximum Gasteiger partial charge on any atom is 0.252 e. The first-order chi connectivity index (χ1) is 7.91. The van der Waals surface area contributed by atoms with E-state index in [-0.39, 0.29) is 24.2 Å². The summed E-state index contributed by atoms with van der Waals surface area (Å²) in [6, 6.07) is 5.27. The Kier molecular flexibility index (Phi) is 5.33. The number of hydrogen-bond acceptors (Lipinski definition) is 2. The first kappa shape index (κ1) is 14.4. The predicted octanol–water partition coefficient (Wildman–Crippen LogP) is 3.17. The second-order valence-electron chi connectivity index (χ2n) is 3.93. The van der Waals surface area contributed by atoms with E-state index >= 15 is 0 Å². The summed E-state index contributed by atoms with van der Waals surface area (Å²) in [5, 5.41) is 2.61. The van der Waals surface area contributed by atoms with Gasteiger partial charge in [-0.05, 0) is 34.1 Å². The number of halogens is 2. The van der Waals surface area contributed by atoms with Crippen LogP contribution in [0.5, 0.6) is 0 Å². The Morgan fingerprint density at radius 1 is 1.29 bits per heavy atom. The zero-order valence-corrected chi connectivity index (χ0v) is 12.8. The first-order valence-electron chi connectivity index (χ1n) is 5.17. The van der Waals surface area contributed by atoms with E-state index in [0.29, 0.717) is 10.0 Å². The molecule has 0 heterocycles. The van der Waals surface area contributed by atoms with Crippen molar-refractivity contribution in [1.29, 1.82) is 0 Å². The molecule has 3 nitrogen and oxygen atoms in total. The van der Waals surface area contributed by atoms with Crippen molar-refractivity contribution < 1.29 is 9.59 Å². The number of carbonyl (C=O) groups is 2. The number of rotatable bonds is 4. The van der Waals surface area contributed by atoms with Gasteiger partial charge in [0.15, 0.2) is 5.78 Å². The molecule has 0 aliphatic heterocycles. The van der Waals surface area contributed by atoms with Crippen molar-refractivity contribution in [3.05, 3.63) is 32.7 Å². The Bertz CT molecular complexity index is 444. The number of ketones is 1. The van der Waals surface area contributed by atoms with Gasteiger partial charge in [-0.2, -0.15) is 0 Å². The van der Waals surface area contributed by atoms with Crippen LogP contribution >= 0.6 is 31.9 Å². The fourth-order valence-electron chi connectivity index (χ4n) is 1.14. The Hall–Kier alpha value is -0.680. The van der Waals surface area contributed by atoms with Crippen molar-refractivity contribution in [2.24, 2.45) is 5.92 Å². The lowest BCUT2D eigenvalue weighted by molar-refractivity contribution is -0.120. The Labute approximate surface area is 117 Å². The van der Waals surface area contributed by atoms with Gasteiger partial charge >= 0.3 is 0 Å². The largest absolute Gasteiger partial charge is 0.345 e. The number of hydrogen-bond donors (Lipinski definition) is 1. The van der Waals surface area contributed by atoms with Crippen molar-refractivity contribution in [3.63, 3.8) is 0 Å². The van der Waals surface area contributed by atoms with Crippen LogP contribution in [-0.4, -0.2) is 18.2 Å². The summed E-state index contributed by atoms with van der Waals surface area (Å²) in [6.07, 6.45) is 0. The highest BCUT2D eigenvalue weighted by molar-refractivity contribution is 9.11. The molecule has 1 amide bonds. The number of nitrogens with one attached hydrogen (secondary N) is 1. The third-order valence-corrected chi connectivity index (χ3v) is 3.39. The second-order valence-corrected chi connectivity index (χ2v) is 5.70. The van der Waals surface area contributed by atoms with Crippen LogP contribution in [-0.2, 0) is 4.79 Å². The normalized spacial score (nSPS) is 10.4. The minimum atomic E-state index is -0.252. The third kappa shape index (κ3) is 4.24. The molecule has 0 spiro atoms. The SMILES string of the molecule is CC(C)C(=O)CNC(=O)c1ccc(Br)cc1Br. The van der Waals surface area contributed by atoms with Crippen molar-refractivity contribution in [2.45, 2.75) is 13.8 Å². The molecular formula is C12H13Br2NO2. The molecule has 0 aromatic heterocycles. The van der Waals surface area contributed by atoms with E-state index in [9.17, 15) is 9.59 Å². The maximum absolute atomic E-state index is 11.8. The van der Waals surface area contributed by atoms with E-state index < -0.39 is 0 Å². The van der Waals surface area contributed by atoms with E-state index in [1.807, 2.05) is 13.8 Å². The van der Waals surface area contributed by atoms with Crippen molar-refractivity contribution in [3.8, 4) is 0 Å². The van der Waals surface area contributed by atoms with Crippen LogP contribution in [0.1, 0.15) is 24.2 Å². The van der Waals surface area contributed by atoms with Crippen molar-refractivity contribution in [2.75, 3.05) is 6.54 Å². The average molecular weight is 363 g/mol. The molecule has 0 aliphatic rings. The highest BCUT2D eigenvalue weighted by Crippen LogP contribution is 2.21. The minimum absolute atomic E-state index is 0.0200. The van der Waals surface area contributed by atoms with Gasteiger partial charge in [-0.15, -0.1) is 0 Å². The zero-order valence-electron chi connectivity index (χ0n) is 9.59. The van der Waals surface area contributed by atoms with Gasteiger partial charge in [0.2, 0.25) is 0 Å². The Morgan fingerprint density at radius 3 is 2.47 bits per heavy atom. The van der Waals surface area contributed by atoms with E-state index in [0.717, 1.165) is 4.47 Å². The van der Waals surface area contributed by atoms with Crippen LogP contribution in [0.2, 0.25) is 0 Å². The summed E-state index contributed by atoms with van der Waals surface area (Å²) in [5.74, 6) is -0.298. The molecule has 1 aromatic carbocycles. The standard InChI is InChI=1S/C12H13Br2NO2/c1-7(2)11(16)6-15-12(17)9-4-3-8(13)5-10(9)14/h3-5,7H,6H2,1-2H3,(H,15,17). The molecule has 5 heteroatoms. The number of carbonyl (C=O) groups excluding carboxylic acids is 2. The van der Waals surface area contributed by atoms with Gasteiger partial charge in [0, 0.05) is 14.9 Å². The fourth-order valence-corrected chi connectivity index (χ4v) is 2.37. The van der Waals surface area contributed by atoms with Crippen LogP contribution < -0.4 is 5.32 Å². The summed E-state index contributed by atoms with van der Waals surface area (Å²) < 4.78 is 1.58. The Morgan fingerprint density at radius 2 is 1.94 bits per heavy atom. The second kappa shape index (κ2) is 6.31. The fraction of sp³-hybridized carbons (Fsp3) is 0.333. The van der Waals surface area contributed by atoms with Gasteiger partial charge in [0.25, 0.3) is 5.91 Å². The van der Waals surface area contributed by atoms with Gasteiger partial charge in [-0.3, -0.25) is 9.59 Å². The topological polar surface area (TPSA) is 46.2 Å². The third-order valence-electron chi connectivity index (χ3n) is 2.24. The smallest absolute Gasteiger partial charge is 0.252 e. The lowest BCUT2D eigenvalue weighted by Gasteiger charge is -2.08. The van der Waals surface area contributed by atoms with E-state index in [4.69, 9.17) is 0 Å². The van der Waals surface area contributed by atoms with Crippen LogP contribution in [0.15, 0.2) is 27.1 Å². The van der Waals surface area contributed by atoms with E-state index in [2.05, 4.69) is 37.2 Å². The van der Waals surface area contributed by atoms with Gasteiger partial charge in [0.1, 0.15) is 0 Å². The lowest BCUT2D eigenvalue weighted by Crippen LogP contribution is -2.31. The molecule has 92 valence electrons. The van der Waals surface area contributed by atoms with Crippen LogP contribution in [0.25, 0.3) is 0 Å². The molecule has 0 fully saturated rings. The Balaban J connectivity index is 2.68. The van der Waals surface area contributed by atoms with Gasteiger partial charge in [0.05, 0.1) is 12.1 Å². The average Bonchev–Trinajstić information content (AvgIpc) is 2.25. The summed E-state index contributed by atoms with van der Waals surface area (Å²) >= 11 is 6.62. The number of benzene rings is 1. The molecule has 1 N–H and O–H groups in total. The molecule has 0 atom stereocenters. The zero-order chi connectivity index (χ0) is 13.0. The monoisotopic (exact) mass is 361 g/mol. The molecule has 0 bridgehead atoms. The molecular weight excluding hydrogens is 350 g/mol. The highest BCUT2D eigenvalue weighted by Gasteiger charge is 2.13. The van der Waals surface area contributed by atoms with Crippen LogP contribution in [0, 0.1) is 5.92 Å². The van der Waals surface area contributed by atoms with E-state index in [1.54, 1.807) is 18.2 Å². The molecule has 1 aromatic rings. The minimum Gasteiger partial charge on any atom is -0.345 e. The van der Waals surface area contributed by atoms with Gasteiger partial charge in [-0.1, -0.05) is 29.8 Å². The maximum atomic E-state index is 11.8. The van der Waals surface area contributed by atoms with E-state index in [1.165, 1.54) is 0 Å². The van der Waals surface area contributed by atoms with Gasteiger partial charge in [-0.25, -0.2) is 0 Å². The molecule has 0 radical (unpaired) electrons. The molecule has 1 rings (SSSR count). The summed E-state index contributed by atoms with van der Waals surface area (Å²) in [4.78, 5) is 23.2. The summed E-state index contributed by atoms with van der Waals surface area (Å²) in [5.41, 5.74) is 0.518. The van der Waals surface area contributed by atoms with Crippen LogP contribution in [0.4, 0.5) is 0 Å². The van der Waals surface area contributed by atoms with Crippen molar-refractivity contribution in [1.82, 2.24) is 5.32 Å². The lowest BCUT2D eigenvalue weighted by atomic mass is 10.1. The van der Waals surface area contributed by atoms with Gasteiger partial charge < -0.3 is 5.32 Å². The molecule has 0 saturated carbocycles. The van der Waals surface area contributed by atoms with Crippen LogP contribution in [0.3, 0.4) is 0 Å². The molecule has 17 heavy (non-hydrogen) atoms. The number of Topliss-reactive ketones (excluding diaryl/α,β-unsaturated/α-hetero) is 1. The molecule has 0 saturated heterocycles.